The van der Waals surface area contributed by atoms with Crippen LogP contribution in [0.1, 0.15) is 37.7 Å². The van der Waals surface area contributed by atoms with E-state index in [2.05, 4.69) is 10.2 Å². The molecule has 28 heavy (non-hydrogen) atoms. The topological polar surface area (TPSA) is 54.3 Å². The van der Waals surface area contributed by atoms with Crippen molar-refractivity contribution in [3.05, 3.63) is 34.2 Å². The summed E-state index contributed by atoms with van der Waals surface area (Å²) in [6, 6.07) is 1.59. The molecule has 1 aliphatic heterocycles. The Morgan fingerprint density at radius 3 is 2.46 bits per heavy atom. The molecule has 1 saturated carbocycles. The minimum Gasteiger partial charge on any atom is -0.353 e. The molecule has 1 amide bonds. The van der Waals surface area contributed by atoms with Crippen LogP contribution in [-0.4, -0.2) is 52.1 Å². The van der Waals surface area contributed by atoms with E-state index in [1.165, 1.54) is 6.42 Å². The number of carbonyl (C=O) groups excluding carboxylic acids is 1. The maximum absolute atomic E-state index is 12.9. The van der Waals surface area contributed by atoms with Gasteiger partial charge in [0.1, 0.15) is 6.54 Å². The van der Waals surface area contributed by atoms with E-state index in [9.17, 15) is 22.8 Å². The molecule has 1 aromatic rings. The average Bonchev–Trinajstić information content (AvgIpc) is 2.69. The summed E-state index contributed by atoms with van der Waals surface area (Å²) < 4.78 is 39.4. The summed E-state index contributed by atoms with van der Waals surface area (Å²) >= 11 is 1.93. The fraction of sp³-hybridized carbons (Fsp3) is 0.684. The molecule has 0 bridgehead atoms. The van der Waals surface area contributed by atoms with Crippen molar-refractivity contribution in [2.24, 2.45) is 0 Å². The van der Waals surface area contributed by atoms with Gasteiger partial charge in [0.2, 0.25) is 5.91 Å². The van der Waals surface area contributed by atoms with E-state index in [0.717, 1.165) is 67.0 Å². The van der Waals surface area contributed by atoms with Crippen LogP contribution in [0, 0.1) is 0 Å². The number of nitrogens with one attached hydrogen (secondary N) is 1. The minimum atomic E-state index is -4.55. The Morgan fingerprint density at radius 1 is 1.14 bits per heavy atom. The third-order valence-electron chi connectivity index (χ3n) is 5.71. The molecule has 0 atom stereocenters. The lowest BCUT2D eigenvalue weighted by atomic mass is 9.80. The molecular formula is C19H26F3N3O2S. The van der Waals surface area contributed by atoms with E-state index in [0.29, 0.717) is 12.7 Å². The van der Waals surface area contributed by atoms with Gasteiger partial charge in [-0.15, -0.1) is 0 Å². The summed E-state index contributed by atoms with van der Waals surface area (Å²) in [4.78, 5) is 26.7. The van der Waals surface area contributed by atoms with Crippen molar-refractivity contribution >= 4 is 17.7 Å². The van der Waals surface area contributed by atoms with Gasteiger partial charge in [0, 0.05) is 48.9 Å². The van der Waals surface area contributed by atoms with E-state index in [1.807, 2.05) is 11.8 Å². The van der Waals surface area contributed by atoms with Crippen molar-refractivity contribution in [3.63, 3.8) is 0 Å². The van der Waals surface area contributed by atoms with Crippen molar-refractivity contribution in [2.75, 3.05) is 31.1 Å². The number of hydrogen-bond acceptors (Lipinski definition) is 4. The monoisotopic (exact) mass is 417 g/mol. The molecule has 2 aliphatic rings. The van der Waals surface area contributed by atoms with Crippen molar-refractivity contribution in [3.8, 4) is 0 Å². The molecule has 1 aliphatic carbocycles. The highest BCUT2D eigenvalue weighted by Crippen LogP contribution is 2.35. The standard InChI is InChI=1S/C19H26F3N3O2S/c20-19(21,22)15-4-5-17(27)24(12-15)13-16(26)23-14-18(6-2-1-3-7-18)25-8-10-28-11-9-25/h4-5,12H,1-3,6-11,13-14H2,(H,23,26). The van der Waals surface area contributed by atoms with Crippen molar-refractivity contribution in [2.45, 2.75) is 50.4 Å². The maximum atomic E-state index is 12.9. The number of rotatable bonds is 5. The van der Waals surface area contributed by atoms with Gasteiger partial charge in [0.25, 0.3) is 5.56 Å². The van der Waals surface area contributed by atoms with Crippen LogP contribution in [0.3, 0.4) is 0 Å². The third kappa shape index (κ3) is 5.11. The van der Waals surface area contributed by atoms with Gasteiger partial charge in [-0.1, -0.05) is 19.3 Å². The molecule has 0 unspecified atom stereocenters. The Kier molecular flexibility index (Phi) is 6.75. The molecule has 0 radical (unpaired) electrons. The quantitative estimate of drug-likeness (QED) is 0.801. The Morgan fingerprint density at radius 2 is 1.82 bits per heavy atom. The number of thioether (sulfide) groups is 1. The summed E-state index contributed by atoms with van der Waals surface area (Å²) in [5.41, 5.74) is -1.63. The average molecular weight is 417 g/mol. The van der Waals surface area contributed by atoms with Crippen molar-refractivity contribution in [1.82, 2.24) is 14.8 Å². The predicted octanol–water partition coefficient (Wildman–Crippen LogP) is 2.74. The lowest BCUT2D eigenvalue weighted by molar-refractivity contribution is -0.138. The molecular weight excluding hydrogens is 391 g/mol. The fourth-order valence-electron chi connectivity index (χ4n) is 4.15. The predicted molar refractivity (Wildman–Crippen MR) is 103 cm³/mol. The SMILES string of the molecule is O=C(Cn1cc(C(F)(F)F)ccc1=O)NCC1(N2CCSCC2)CCCCC1. The summed E-state index contributed by atoms with van der Waals surface area (Å²) in [5, 5.41) is 2.90. The van der Waals surface area contributed by atoms with E-state index in [-0.39, 0.29) is 5.54 Å². The molecule has 5 nitrogen and oxygen atoms in total. The second kappa shape index (κ2) is 8.90. The number of carbonyl (C=O) groups is 1. The summed E-state index contributed by atoms with van der Waals surface area (Å²) in [5.74, 6) is 1.72. The van der Waals surface area contributed by atoms with Gasteiger partial charge in [-0.25, -0.2) is 0 Å². The molecule has 1 N–H and O–H groups in total. The molecule has 9 heteroatoms. The van der Waals surface area contributed by atoms with E-state index < -0.39 is 29.8 Å². The highest BCUT2D eigenvalue weighted by molar-refractivity contribution is 7.99. The summed E-state index contributed by atoms with van der Waals surface area (Å²) in [6.07, 6.45) is 1.62. The largest absolute Gasteiger partial charge is 0.417 e. The van der Waals surface area contributed by atoms with Crippen LogP contribution in [0.5, 0.6) is 0 Å². The second-order valence-electron chi connectivity index (χ2n) is 7.54. The van der Waals surface area contributed by atoms with Gasteiger partial charge in [0.05, 0.1) is 5.56 Å². The van der Waals surface area contributed by atoms with Crippen molar-refractivity contribution < 1.29 is 18.0 Å². The first-order valence-electron chi connectivity index (χ1n) is 9.67. The Balaban J connectivity index is 1.66. The van der Waals surface area contributed by atoms with Gasteiger partial charge in [-0.05, 0) is 18.9 Å². The first-order valence-corrected chi connectivity index (χ1v) is 10.8. The van der Waals surface area contributed by atoms with E-state index in [4.69, 9.17) is 0 Å². The van der Waals surface area contributed by atoms with Crippen LogP contribution in [0.2, 0.25) is 0 Å². The molecule has 1 saturated heterocycles. The number of nitrogens with zero attached hydrogens (tertiary/aromatic N) is 2. The molecule has 0 aromatic carbocycles. The lowest BCUT2D eigenvalue weighted by Crippen LogP contribution is -2.59. The highest BCUT2D eigenvalue weighted by atomic mass is 32.2. The zero-order valence-corrected chi connectivity index (χ0v) is 16.6. The number of hydrogen-bond donors (Lipinski definition) is 1. The second-order valence-corrected chi connectivity index (χ2v) is 8.77. The first-order chi connectivity index (χ1) is 13.3. The van der Waals surface area contributed by atoms with Crippen LogP contribution in [-0.2, 0) is 17.5 Å². The molecule has 1 aromatic heterocycles. The summed E-state index contributed by atoms with van der Waals surface area (Å²) in [7, 11) is 0. The molecule has 0 spiro atoms. The normalized spacial score (nSPS) is 20.7. The molecule has 2 fully saturated rings. The number of pyridine rings is 1. The fourth-order valence-corrected chi connectivity index (χ4v) is 5.05. The summed E-state index contributed by atoms with van der Waals surface area (Å²) in [6.45, 7) is 2.06. The Hall–Kier alpha value is -1.48. The van der Waals surface area contributed by atoms with Crippen molar-refractivity contribution in [1.29, 1.82) is 0 Å². The van der Waals surface area contributed by atoms with Gasteiger partial charge in [0.15, 0.2) is 0 Å². The van der Waals surface area contributed by atoms with Crippen LogP contribution in [0.4, 0.5) is 13.2 Å². The van der Waals surface area contributed by atoms with E-state index >= 15 is 0 Å². The third-order valence-corrected chi connectivity index (χ3v) is 6.65. The Labute approximate surface area is 166 Å². The first kappa shape index (κ1) is 21.2. The number of halogens is 3. The van der Waals surface area contributed by atoms with Gasteiger partial charge < -0.3 is 9.88 Å². The maximum Gasteiger partial charge on any atom is 0.417 e. The molecule has 156 valence electrons. The minimum absolute atomic E-state index is 0.0757. The molecule has 3 rings (SSSR count). The number of alkyl halides is 3. The van der Waals surface area contributed by atoms with Crippen LogP contribution in [0.25, 0.3) is 0 Å². The van der Waals surface area contributed by atoms with Crippen LogP contribution < -0.4 is 10.9 Å². The number of aromatic nitrogens is 1. The van der Waals surface area contributed by atoms with Crippen LogP contribution >= 0.6 is 11.8 Å². The number of amides is 1. The van der Waals surface area contributed by atoms with Gasteiger partial charge in [-0.2, -0.15) is 24.9 Å². The van der Waals surface area contributed by atoms with Gasteiger partial charge in [-0.3, -0.25) is 14.5 Å². The smallest absolute Gasteiger partial charge is 0.353 e. The molecule has 2 heterocycles. The zero-order chi connectivity index (χ0) is 20.2. The lowest BCUT2D eigenvalue weighted by Gasteiger charge is -2.48. The van der Waals surface area contributed by atoms with Crippen LogP contribution in [0.15, 0.2) is 23.1 Å². The van der Waals surface area contributed by atoms with E-state index in [1.54, 1.807) is 0 Å². The highest BCUT2D eigenvalue weighted by Gasteiger charge is 2.38. The Bertz CT molecular complexity index is 739. The zero-order valence-electron chi connectivity index (χ0n) is 15.8. The van der Waals surface area contributed by atoms with Gasteiger partial charge >= 0.3 is 6.18 Å².